The molecule has 1 aromatic carbocycles. The van der Waals surface area contributed by atoms with Crippen molar-refractivity contribution in [3.8, 4) is 11.3 Å². The van der Waals surface area contributed by atoms with E-state index in [9.17, 15) is 9.18 Å². The number of benzene rings is 1. The van der Waals surface area contributed by atoms with E-state index in [4.69, 9.17) is 0 Å². The molecule has 2 heterocycles. The number of hydrogen-bond acceptors (Lipinski definition) is 3. The summed E-state index contributed by atoms with van der Waals surface area (Å²) in [5.74, 6) is -0.262. The monoisotopic (exact) mass is 260 g/mol. The molecule has 0 amide bonds. The quantitative estimate of drug-likeness (QED) is 0.662. The molecule has 0 aliphatic rings. The topological polar surface area (TPSA) is 34.4 Å². The van der Waals surface area contributed by atoms with Crippen LogP contribution in [0.25, 0.3) is 16.2 Å². The number of halogens is 1. The van der Waals surface area contributed by atoms with E-state index in [1.165, 1.54) is 23.5 Å². The molecule has 0 saturated heterocycles. The number of nitrogens with zero attached hydrogens (tertiary/aromatic N) is 2. The molecule has 0 N–H and O–H groups in total. The van der Waals surface area contributed by atoms with Crippen LogP contribution in [0.2, 0.25) is 0 Å². The van der Waals surface area contributed by atoms with Crippen LogP contribution in [0.1, 0.15) is 15.4 Å². The second-order valence-corrected chi connectivity index (χ2v) is 5.13. The van der Waals surface area contributed by atoms with Crippen LogP contribution in [0.15, 0.2) is 30.5 Å². The number of carbonyl (C=O) groups is 1. The summed E-state index contributed by atoms with van der Waals surface area (Å²) in [6.45, 7) is 1.98. The highest BCUT2D eigenvalue weighted by atomic mass is 32.1. The van der Waals surface area contributed by atoms with Gasteiger partial charge in [0.15, 0.2) is 11.2 Å². The Bertz CT molecular complexity index is 727. The van der Waals surface area contributed by atoms with Crippen LogP contribution >= 0.6 is 11.3 Å². The van der Waals surface area contributed by atoms with Gasteiger partial charge in [-0.2, -0.15) is 0 Å². The molecule has 3 nitrogen and oxygen atoms in total. The summed E-state index contributed by atoms with van der Waals surface area (Å²) in [7, 11) is 0. The van der Waals surface area contributed by atoms with E-state index in [1.54, 1.807) is 18.3 Å². The molecular formula is C13H9FN2OS. The zero-order valence-corrected chi connectivity index (χ0v) is 10.4. The summed E-state index contributed by atoms with van der Waals surface area (Å²) in [5.41, 5.74) is 2.27. The Morgan fingerprint density at radius 2 is 2.06 bits per heavy atom. The van der Waals surface area contributed by atoms with Crippen molar-refractivity contribution >= 4 is 22.6 Å². The van der Waals surface area contributed by atoms with Gasteiger partial charge in [-0.1, -0.05) is 0 Å². The van der Waals surface area contributed by atoms with Crippen LogP contribution in [0.4, 0.5) is 4.39 Å². The summed E-state index contributed by atoms with van der Waals surface area (Å²) in [6.07, 6.45) is 2.42. The first-order valence-corrected chi connectivity index (χ1v) is 6.20. The molecule has 18 heavy (non-hydrogen) atoms. The van der Waals surface area contributed by atoms with E-state index < -0.39 is 0 Å². The van der Waals surface area contributed by atoms with Gasteiger partial charge in [0.25, 0.3) is 0 Å². The van der Waals surface area contributed by atoms with Gasteiger partial charge >= 0.3 is 0 Å². The first-order chi connectivity index (χ1) is 8.69. The molecule has 3 rings (SSSR count). The molecule has 0 unspecified atom stereocenters. The smallest absolute Gasteiger partial charge is 0.195 e. The van der Waals surface area contributed by atoms with E-state index in [-0.39, 0.29) is 5.82 Å². The Morgan fingerprint density at radius 1 is 1.33 bits per heavy atom. The largest absolute Gasteiger partial charge is 0.296 e. The minimum Gasteiger partial charge on any atom is -0.296 e. The fraction of sp³-hybridized carbons (Fsp3) is 0.0769. The highest BCUT2D eigenvalue weighted by Gasteiger charge is 2.13. The third-order valence-corrected chi connectivity index (χ3v) is 3.72. The van der Waals surface area contributed by atoms with Crippen LogP contribution < -0.4 is 0 Å². The highest BCUT2D eigenvalue weighted by Crippen LogP contribution is 2.31. The summed E-state index contributed by atoms with van der Waals surface area (Å²) in [6, 6.07) is 6.31. The second kappa shape index (κ2) is 4.03. The van der Waals surface area contributed by atoms with Gasteiger partial charge < -0.3 is 0 Å². The van der Waals surface area contributed by atoms with Gasteiger partial charge in [0.05, 0.1) is 5.69 Å². The van der Waals surface area contributed by atoms with Crippen LogP contribution in [0.5, 0.6) is 0 Å². The molecule has 0 aliphatic carbocycles. The Balaban J connectivity index is 2.26. The van der Waals surface area contributed by atoms with Crippen LogP contribution in [0, 0.1) is 12.7 Å². The predicted molar refractivity (Wildman–Crippen MR) is 68.6 cm³/mol. The van der Waals surface area contributed by atoms with E-state index in [0.29, 0.717) is 5.69 Å². The van der Waals surface area contributed by atoms with Crippen molar-refractivity contribution in [3.63, 3.8) is 0 Å². The maximum atomic E-state index is 12.9. The fourth-order valence-electron chi connectivity index (χ4n) is 1.97. The van der Waals surface area contributed by atoms with Gasteiger partial charge in [-0.15, -0.1) is 11.3 Å². The number of aromatic nitrogens is 2. The summed E-state index contributed by atoms with van der Waals surface area (Å²) in [4.78, 5) is 16.8. The van der Waals surface area contributed by atoms with Gasteiger partial charge in [-0.25, -0.2) is 9.37 Å². The predicted octanol–water partition coefficient (Wildman–Crippen LogP) is 3.32. The molecule has 0 saturated carbocycles. The second-order valence-electron chi connectivity index (χ2n) is 3.95. The maximum Gasteiger partial charge on any atom is 0.195 e. The molecule has 0 fully saturated rings. The summed E-state index contributed by atoms with van der Waals surface area (Å²) < 4.78 is 14.8. The van der Waals surface area contributed by atoms with Crippen LogP contribution in [-0.4, -0.2) is 15.7 Å². The van der Waals surface area contributed by atoms with Crippen molar-refractivity contribution in [2.45, 2.75) is 6.92 Å². The molecule has 0 spiro atoms. The van der Waals surface area contributed by atoms with Crippen molar-refractivity contribution in [1.82, 2.24) is 9.38 Å². The normalized spacial score (nSPS) is 11.0. The lowest BCUT2D eigenvalue weighted by Gasteiger charge is -2.01. The Hall–Kier alpha value is -2.01. The molecule has 0 radical (unpaired) electrons. The Morgan fingerprint density at radius 3 is 2.72 bits per heavy atom. The highest BCUT2D eigenvalue weighted by molar-refractivity contribution is 7.17. The molecule has 3 aromatic rings. The number of rotatable bonds is 2. The average Bonchev–Trinajstić information content (AvgIpc) is 2.87. The van der Waals surface area contributed by atoms with E-state index >= 15 is 0 Å². The average molecular weight is 260 g/mol. The number of fused-ring (bicyclic) bond motifs is 1. The van der Waals surface area contributed by atoms with Gasteiger partial charge in [-0.3, -0.25) is 9.20 Å². The lowest BCUT2D eigenvalue weighted by atomic mass is 10.1. The van der Waals surface area contributed by atoms with Gasteiger partial charge in [0.2, 0.25) is 0 Å². The first kappa shape index (κ1) is 11.1. The number of imidazole rings is 1. The minimum atomic E-state index is -0.262. The first-order valence-electron chi connectivity index (χ1n) is 5.38. The number of hydrogen-bond donors (Lipinski definition) is 0. The zero-order chi connectivity index (χ0) is 12.7. The fourth-order valence-corrected chi connectivity index (χ4v) is 2.95. The Kier molecular flexibility index (Phi) is 2.48. The molecule has 2 aromatic heterocycles. The number of thiazole rings is 1. The van der Waals surface area contributed by atoms with Gasteiger partial charge in [-0.05, 0) is 36.8 Å². The summed E-state index contributed by atoms with van der Waals surface area (Å²) >= 11 is 1.51. The number of carbonyl (C=O) groups excluding carboxylic acids is 1. The molecule has 0 atom stereocenters. The van der Waals surface area contributed by atoms with Crippen molar-refractivity contribution < 1.29 is 9.18 Å². The third-order valence-electron chi connectivity index (χ3n) is 2.75. The lowest BCUT2D eigenvalue weighted by Crippen LogP contribution is -1.87. The molecular weight excluding hydrogens is 251 g/mol. The van der Waals surface area contributed by atoms with Crippen molar-refractivity contribution in [2.24, 2.45) is 0 Å². The standard InChI is InChI=1S/C13H9FN2OS/c1-8-12(9-2-4-10(14)5-3-9)16-6-11(7-17)15-13(16)18-8/h2-7H,1H3. The van der Waals surface area contributed by atoms with Crippen molar-refractivity contribution in [1.29, 1.82) is 0 Å². The van der Waals surface area contributed by atoms with Crippen molar-refractivity contribution in [2.75, 3.05) is 0 Å². The van der Waals surface area contributed by atoms with Crippen LogP contribution in [-0.2, 0) is 0 Å². The minimum absolute atomic E-state index is 0.262. The number of aryl methyl sites for hydroxylation is 1. The molecule has 5 heteroatoms. The van der Waals surface area contributed by atoms with Crippen molar-refractivity contribution in [3.05, 3.63) is 46.9 Å². The third kappa shape index (κ3) is 1.64. The number of aldehydes is 1. The Labute approximate surface area is 107 Å². The van der Waals surface area contributed by atoms with Gasteiger partial charge in [0, 0.05) is 11.1 Å². The van der Waals surface area contributed by atoms with E-state index in [0.717, 1.165) is 27.4 Å². The zero-order valence-electron chi connectivity index (χ0n) is 9.55. The summed E-state index contributed by atoms with van der Waals surface area (Å²) in [5, 5.41) is 0. The van der Waals surface area contributed by atoms with E-state index in [2.05, 4.69) is 4.98 Å². The SMILES string of the molecule is Cc1sc2nc(C=O)cn2c1-c1ccc(F)cc1. The van der Waals surface area contributed by atoms with Gasteiger partial charge in [0.1, 0.15) is 11.5 Å². The lowest BCUT2D eigenvalue weighted by molar-refractivity contribution is 0.111. The molecule has 0 bridgehead atoms. The molecule has 0 aliphatic heterocycles. The van der Waals surface area contributed by atoms with Crippen LogP contribution in [0.3, 0.4) is 0 Å². The molecule has 90 valence electrons. The van der Waals surface area contributed by atoms with E-state index in [1.807, 2.05) is 11.3 Å². The maximum absolute atomic E-state index is 12.9.